The van der Waals surface area contributed by atoms with Crippen LogP contribution in [0, 0.1) is 0 Å². The summed E-state index contributed by atoms with van der Waals surface area (Å²) in [5.74, 6) is 1.05. The van der Waals surface area contributed by atoms with Crippen molar-refractivity contribution < 1.29 is 9.47 Å². The van der Waals surface area contributed by atoms with E-state index in [-0.39, 0.29) is 17.4 Å². The van der Waals surface area contributed by atoms with Gasteiger partial charge in [0.2, 0.25) is 5.28 Å². The minimum atomic E-state index is 0.0624. The fourth-order valence-corrected chi connectivity index (χ4v) is 1.75. The van der Waals surface area contributed by atoms with Gasteiger partial charge in [-0.3, -0.25) is 4.98 Å². The molecule has 0 saturated carbocycles. The van der Waals surface area contributed by atoms with Gasteiger partial charge in [-0.1, -0.05) is 6.92 Å². The summed E-state index contributed by atoms with van der Waals surface area (Å²) in [6, 6.07) is 2.02. The molecule has 2 rings (SSSR count). The predicted octanol–water partition coefficient (Wildman–Crippen LogP) is 3.16. The number of halogens is 1. The zero-order valence-electron chi connectivity index (χ0n) is 12.2. The summed E-state index contributed by atoms with van der Waals surface area (Å²) in [5.41, 5.74) is 0.693. The Labute approximate surface area is 128 Å². The molecule has 0 aliphatic heterocycles. The first-order valence-corrected chi connectivity index (χ1v) is 7.12. The number of pyridine rings is 1. The van der Waals surface area contributed by atoms with E-state index in [4.69, 9.17) is 21.1 Å². The Bertz CT molecular complexity index is 607. The van der Waals surface area contributed by atoms with Crippen LogP contribution in [0.1, 0.15) is 27.2 Å². The van der Waals surface area contributed by atoms with Gasteiger partial charge in [-0.25, -0.2) is 0 Å². The topological polar surface area (TPSA) is 70.0 Å². The monoisotopic (exact) mass is 308 g/mol. The molecule has 21 heavy (non-hydrogen) atoms. The average Bonchev–Trinajstić information content (AvgIpc) is 2.44. The van der Waals surface area contributed by atoms with Crippen LogP contribution in [-0.4, -0.2) is 32.6 Å². The summed E-state index contributed by atoms with van der Waals surface area (Å²) in [6.45, 7) is 6.42. The van der Waals surface area contributed by atoms with Gasteiger partial charge in [0, 0.05) is 11.8 Å². The van der Waals surface area contributed by atoms with Gasteiger partial charge in [0.1, 0.15) is 5.75 Å². The molecular weight excluding hydrogens is 292 g/mol. The van der Waals surface area contributed by atoms with Crippen LogP contribution in [0.15, 0.2) is 18.5 Å². The van der Waals surface area contributed by atoms with Gasteiger partial charge in [-0.15, -0.1) is 0 Å². The molecule has 0 aliphatic rings. The zero-order valence-corrected chi connectivity index (χ0v) is 13.0. The van der Waals surface area contributed by atoms with E-state index in [2.05, 4.69) is 19.9 Å². The first kappa shape index (κ1) is 15.4. The fourth-order valence-electron chi connectivity index (χ4n) is 1.60. The second-order valence-corrected chi connectivity index (χ2v) is 4.97. The average molecular weight is 309 g/mol. The molecule has 7 heteroatoms. The quantitative estimate of drug-likeness (QED) is 0.816. The Hall–Kier alpha value is -1.95. The third-order valence-corrected chi connectivity index (χ3v) is 2.54. The van der Waals surface area contributed by atoms with E-state index in [0.29, 0.717) is 23.7 Å². The molecule has 0 aromatic carbocycles. The minimum absolute atomic E-state index is 0.0624. The number of hydrogen-bond acceptors (Lipinski definition) is 6. The van der Waals surface area contributed by atoms with Crippen molar-refractivity contribution in [2.75, 3.05) is 6.61 Å². The molecule has 112 valence electrons. The maximum absolute atomic E-state index is 5.91. The number of nitrogens with zero attached hydrogens (tertiary/aromatic N) is 4. The molecule has 2 aromatic rings. The summed E-state index contributed by atoms with van der Waals surface area (Å²) in [4.78, 5) is 16.4. The van der Waals surface area contributed by atoms with Crippen molar-refractivity contribution in [2.45, 2.75) is 33.3 Å². The second kappa shape index (κ2) is 7.17. The van der Waals surface area contributed by atoms with E-state index in [1.165, 1.54) is 0 Å². The highest BCUT2D eigenvalue weighted by Crippen LogP contribution is 2.22. The van der Waals surface area contributed by atoms with Gasteiger partial charge < -0.3 is 9.47 Å². The molecule has 0 radical (unpaired) electrons. The van der Waals surface area contributed by atoms with E-state index >= 15 is 0 Å². The lowest BCUT2D eigenvalue weighted by molar-refractivity contribution is 0.241. The lowest BCUT2D eigenvalue weighted by Crippen LogP contribution is -2.06. The fraction of sp³-hybridized carbons (Fsp3) is 0.429. The maximum atomic E-state index is 5.91. The molecule has 0 unspecified atom stereocenters. The molecule has 6 nitrogen and oxygen atoms in total. The largest absolute Gasteiger partial charge is 0.489 e. The standard InChI is InChI=1S/C14H17ClN4O2/c1-4-5-20-14-18-12(17-13(15)19-14)10-6-11(8-16-7-10)21-9(2)3/h6-9H,4-5H2,1-3H3. The highest BCUT2D eigenvalue weighted by Gasteiger charge is 2.10. The van der Waals surface area contributed by atoms with Crippen molar-refractivity contribution in [1.29, 1.82) is 0 Å². The Morgan fingerprint density at radius 3 is 2.71 bits per heavy atom. The SMILES string of the molecule is CCCOc1nc(Cl)nc(-c2cncc(OC(C)C)c2)n1. The van der Waals surface area contributed by atoms with Crippen LogP contribution in [0.2, 0.25) is 5.28 Å². The van der Waals surface area contributed by atoms with E-state index in [9.17, 15) is 0 Å². The molecule has 0 saturated heterocycles. The highest BCUT2D eigenvalue weighted by molar-refractivity contribution is 6.28. The van der Waals surface area contributed by atoms with Crippen LogP contribution >= 0.6 is 11.6 Å². The molecule has 2 heterocycles. The van der Waals surface area contributed by atoms with Gasteiger partial charge in [0.05, 0.1) is 18.9 Å². The van der Waals surface area contributed by atoms with Gasteiger partial charge in [-0.05, 0) is 37.9 Å². The van der Waals surface area contributed by atoms with E-state index in [1.54, 1.807) is 12.4 Å². The van der Waals surface area contributed by atoms with Crippen LogP contribution in [0.3, 0.4) is 0 Å². The third-order valence-electron chi connectivity index (χ3n) is 2.37. The molecule has 0 atom stereocenters. The Morgan fingerprint density at radius 2 is 2.00 bits per heavy atom. The smallest absolute Gasteiger partial charge is 0.321 e. The van der Waals surface area contributed by atoms with Gasteiger partial charge in [-0.2, -0.15) is 15.0 Å². The number of rotatable bonds is 6. The third kappa shape index (κ3) is 4.53. The number of ether oxygens (including phenoxy) is 2. The van der Waals surface area contributed by atoms with Crippen LogP contribution < -0.4 is 9.47 Å². The molecule has 0 aliphatic carbocycles. The van der Waals surface area contributed by atoms with Crippen LogP contribution in [-0.2, 0) is 0 Å². The van der Waals surface area contributed by atoms with Crippen molar-refractivity contribution in [2.24, 2.45) is 0 Å². The molecular formula is C14H17ClN4O2. The summed E-state index contributed by atoms with van der Waals surface area (Å²) in [5, 5.41) is 0.0845. The molecule has 0 amide bonds. The Balaban J connectivity index is 2.30. The molecule has 0 N–H and O–H groups in total. The number of aromatic nitrogens is 4. The summed E-state index contributed by atoms with van der Waals surface area (Å²) in [7, 11) is 0. The normalized spacial score (nSPS) is 10.7. The Morgan fingerprint density at radius 1 is 1.19 bits per heavy atom. The molecule has 2 aromatic heterocycles. The van der Waals surface area contributed by atoms with E-state index in [1.807, 2.05) is 26.8 Å². The zero-order chi connectivity index (χ0) is 15.2. The first-order chi connectivity index (χ1) is 10.1. The predicted molar refractivity (Wildman–Crippen MR) is 79.6 cm³/mol. The van der Waals surface area contributed by atoms with Gasteiger partial charge in [0.25, 0.3) is 0 Å². The van der Waals surface area contributed by atoms with Crippen molar-refractivity contribution >= 4 is 11.6 Å². The lowest BCUT2D eigenvalue weighted by Gasteiger charge is -2.10. The number of hydrogen-bond donors (Lipinski definition) is 0. The Kier molecular flexibility index (Phi) is 5.27. The van der Waals surface area contributed by atoms with Crippen molar-refractivity contribution in [1.82, 2.24) is 19.9 Å². The summed E-state index contributed by atoms with van der Waals surface area (Å²) in [6.07, 6.45) is 4.20. The summed E-state index contributed by atoms with van der Waals surface area (Å²) < 4.78 is 11.0. The first-order valence-electron chi connectivity index (χ1n) is 6.75. The summed E-state index contributed by atoms with van der Waals surface area (Å²) >= 11 is 5.91. The van der Waals surface area contributed by atoms with Gasteiger partial charge in [0.15, 0.2) is 5.82 Å². The minimum Gasteiger partial charge on any atom is -0.489 e. The van der Waals surface area contributed by atoms with Crippen LogP contribution in [0.4, 0.5) is 0 Å². The van der Waals surface area contributed by atoms with E-state index < -0.39 is 0 Å². The van der Waals surface area contributed by atoms with Crippen molar-refractivity contribution in [3.63, 3.8) is 0 Å². The highest BCUT2D eigenvalue weighted by atomic mass is 35.5. The van der Waals surface area contributed by atoms with E-state index in [0.717, 1.165) is 6.42 Å². The lowest BCUT2D eigenvalue weighted by atomic mass is 10.2. The molecule has 0 spiro atoms. The second-order valence-electron chi connectivity index (χ2n) is 4.64. The van der Waals surface area contributed by atoms with Crippen molar-refractivity contribution in [3.05, 3.63) is 23.7 Å². The van der Waals surface area contributed by atoms with Crippen molar-refractivity contribution in [3.8, 4) is 23.1 Å². The van der Waals surface area contributed by atoms with Crippen LogP contribution in [0.5, 0.6) is 11.8 Å². The van der Waals surface area contributed by atoms with Crippen LogP contribution in [0.25, 0.3) is 11.4 Å². The molecule has 0 fully saturated rings. The van der Waals surface area contributed by atoms with Gasteiger partial charge >= 0.3 is 6.01 Å². The molecule has 0 bridgehead atoms. The maximum Gasteiger partial charge on any atom is 0.321 e.